The van der Waals surface area contributed by atoms with Crippen LogP contribution < -0.4 is 4.74 Å². The predicted octanol–water partition coefficient (Wildman–Crippen LogP) is 4.81. The molecular weight excluding hydrogens is 243 g/mol. The van der Waals surface area contributed by atoms with Gasteiger partial charge in [0, 0.05) is 10.0 Å². The zero-order chi connectivity index (χ0) is 11.5. The summed E-state index contributed by atoms with van der Waals surface area (Å²) in [5.41, 5.74) is 0. The summed E-state index contributed by atoms with van der Waals surface area (Å²) in [4.78, 5) is 0. The second-order valence-electron chi connectivity index (χ2n) is 4.58. The van der Waals surface area contributed by atoms with Crippen LogP contribution in [0.1, 0.15) is 26.2 Å². The Bertz CT molecular complexity index is 345. The molecule has 0 spiro atoms. The van der Waals surface area contributed by atoms with Gasteiger partial charge in [-0.2, -0.15) is 0 Å². The highest BCUT2D eigenvalue weighted by Gasteiger charge is 2.23. The lowest BCUT2D eigenvalue weighted by Gasteiger charge is -2.16. The van der Waals surface area contributed by atoms with E-state index in [2.05, 4.69) is 6.92 Å². The van der Waals surface area contributed by atoms with E-state index in [9.17, 15) is 0 Å². The van der Waals surface area contributed by atoms with Crippen molar-refractivity contribution >= 4 is 23.2 Å². The largest absolute Gasteiger partial charge is 0.493 e. The van der Waals surface area contributed by atoms with Crippen LogP contribution in [0.25, 0.3) is 0 Å². The number of rotatable bonds is 3. The zero-order valence-corrected chi connectivity index (χ0v) is 10.9. The van der Waals surface area contributed by atoms with Gasteiger partial charge in [0.25, 0.3) is 0 Å². The van der Waals surface area contributed by atoms with E-state index >= 15 is 0 Å². The molecule has 0 N–H and O–H groups in total. The van der Waals surface area contributed by atoms with Crippen LogP contribution in [0.4, 0.5) is 0 Å². The monoisotopic (exact) mass is 258 g/mol. The lowest BCUT2D eigenvalue weighted by Crippen LogP contribution is -2.14. The Morgan fingerprint density at radius 3 is 2.44 bits per heavy atom. The Morgan fingerprint density at radius 2 is 1.88 bits per heavy atom. The minimum absolute atomic E-state index is 0.627. The van der Waals surface area contributed by atoms with Crippen molar-refractivity contribution in [3.8, 4) is 5.75 Å². The molecule has 1 nitrogen and oxygen atoms in total. The van der Waals surface area contributed by atoms with Gasteiger partial charge in [-0.1, -0.05) is 43.0 Å². The van der Waals surface area contributed by atoms with E-state index in [4.69, 9.17) is 27.9 Å². The molecule has 0 bridgehead atoms. The van der Waals surface area contributed by atoms with Crippen molar-refractivity contribution in [3.63, 3.8) is 0 Å². The van der Waals surface area contributed by atoms with E-state index in [1.165, 1.54) is 19.3 Å². The van der Waals surface area contributed by atoms with E-state index < -0.39 is 0 Å². The van der Waals surface area contributed by atoms with Gasteiger partial charge in [-0.05, 0) is 36.5 Å². The summed E-state index contributed by atoms with van der Waals surface area (Å²) < 4.78 is 5.75. The molecule has 1 unspecified atom stereocenters. The van der Waals surface area contributed by atoms with Crippen molar-refractivity contribution in [1.82, 2.24) is 0 Å². The summed E-state index contributed by atoms with van der Waals surface area (Å²) in [7, 11) is 0. The first kappa shape index (κ1) is 12.1. The smallest absolute Gasteiger partial charge is 0.122 e. The number of hydrogen-bond donors (Lipinski definition) is 0. The molecule has 3 heteroatoms. The van der Waals surface area contributed by atoms with Gasteiger partial charge in [0.2, 0.25) is 0 Å². The number of benzene rings is 1. The third-order valence-electron chi connectivity index (χ3n) is 3.34. The first-order valence-corrected chi connectivity index (χ1v) is 6.49. The Labute approximate surface area is 107 Å². The van der Waals surface area contributed by atoms with Gasteiger partial charge in [-0.15, -0.1) is 0 Å². The summed E-state index contributed by atoms with van der Waals surface area (Å²) in [6, 6.07) is 5.34. The van der Waals surface area contributed by atoms with Gasteiger partial charge in [0.15, 0.2) is 0 Å². The molecule has 0 radical (unpaired) electrons. The molecule has 1 aromatic rings. The second kappa shape index (κ2) is 5.29. The standard InChI is InChI=1S/C13H16Cl2O/c1-9-3-2-4-10(9)8-16-13-6-11(14)5-12(15)7-13/h5-7,9-10H,2-4,8H2,1H3/t9-,10?/m0/s1. The normalized spacial score (nSPS) is 24.7. The van der Waals surface area contributed by atoms with Gasteiger partial charge in [0.05, 0.1) is 6.61 Å². The highest BCUT2D eigenvalue weighted by molar-refractivity contribution is 6.34. The van der Waals surface area contributed by atoms with Gasteiger partial charge in [0.1, 0.15) is 5.75 Å². The molecule has 2 rings (SSSR count). The summed E-state index contributed by atoms with van der Waals surface area (Å²) in [6.45, 7) is 3.07. The predicted molar refractivity (Wildman–Crippen MR) is 68.5 cm³/mol. The third-order valence-corrected chi connectivity index (χ3v) is 3.78. The van der Waals surface area contributed by atoms with E-state index in [-0.39, 0.29) is 0 Å². The van der Waals surface area contributed by atoms with Crippen LogP contribution in [0.5, 0.6) is 5.75 Å². The highest BCUT2D eigenvalue weighted by atomic mass is 35.5. The molecule has 0 saturated heterocycles. The Morgan fingerprint density at radius 1 is 1.19 bits per heavy atom. The van der Waals surface area contributed by atoms with Crippen LogP contribution in [0.2, 0.25) is 10.0 Å². The van der Waals surface area contributed by atoms with Crippen LogP contribution in [0, 0.1) is 11.8 Å². The van der Waals surface area contributed by atoms with Crippen molar-refractivity contribution in [2.75, 3.05) is 6.61 Å². The number of hydrogen-bond acceptors (Lipinski definition) is 1. The SMILES string of the molecule is C[C@H]1CCCC1COc1cc(Cl)cc(Cl)c1. The molecule has 1 saturated carbocycles. The lowest BCUT2D eigenvalue weighted by molar-refractivity contribution is 0.222. The Hall–Kier alpha value is -0.400. The van der Waals surface area contributed by atoms with E-state index in [0.29, 0.717) is 16.0 Å². The maximum Gasteiger partial charge on any atom is 0.122 e. The van der Waals surface area contributed by atoms with Crippen molar-refractivity contribution < 1.29 is 4.74 Å². The Kier molecular flexibility index (Phi) is 3.99. The van der Waals surface area contributed by atoms with Crippen LogP contribution >= 0.6 is 23.2 Å². The molecule has 2 atom stereocenters. The molecule has 0 amide bonds. The number of ether oxygens (including phenoxy) is 1. The highest BCUT2D eigenvalue weighted by Crippen LogP contribution is 2.32. The van der Waals surface area contributed by atoms with Crippen molar-refractivity contribution in [2.45, 2.75) is 26.2 Å². The summed E-state index contributed by atoms with van der Waals surface area (Å²) in [5, 5.41) is 1.25. The summed E-state index contributed by atoms with van der Waals surface area (Å²) in [5.74, 6) is 2.23. The van der Waals surface area contributed by atoms with Gasteiger partial charge >= 0.3 is 0 Å². The molecule has 1 fully saturated rings. The number of halogens is 2. The molecule has 88 valence electrons. The second-order valence-corrected chi connectivity index (χ2v) is 5.46. The van der Waals surface area contributed by atoms with E-state index in [1.807, 2.05) is 12.1 Å². The first-order chi connectivity index (χ1) is 7.65. The molecular formula is C13H16Cl2O. The summed E-state index contributed by atoms with van der Waals surface area (Å²) >= 11 is 11.8. The molecule has 1 aliphatic carbocycles. The maximum absolute atomic E-state index is 5.91. The average molecular weight is 259 g/mol. The van der Waals surface area contributed by atoms with Crippen LogP contribution in [0.15, 0.2) is 18.2 Å². The fraction of sp³-hybridized carbons (Fsp3) is 0.538. The fourth-order valence-corrected chi connectivity index (χ4v) is 2.79. The van der Waals surface area contributed by atoms with Gasteiger partial charge in [-0.25, -0.2) is 0 Å². The molecule has 1 aromatic carbocycles. The third kappa shape index (κ3) is 3.05. The minimum atomic E-state index is 0.627. The molecule has 0 heterocycles. The fourth-order valence-electron chi connectivity index (χ4n) is 2.28. The zero-order valence-electron chi connectivity index (χ0n) is 9.38. The molecule has 16 heavy (non-hydrogen) atoms. The van der Waals surface area contributed by atoms with Gasteiger partial charge < -0.3 is 4.74 Å². The van der Waals surface area contributed by atoms with Crippen LogP contribution in [0.3, 0.4) is 0 Å². The van der Waals surface area contributed by atoms with Gasteiger partial charge in [-0.3, -0.25) is 0 Å². The molecule has 0 aliphatic heterocycles. The molecule has 1 aliphatic rings. The van der Waals surface area contributed by atoms with E-state index in [0.717, 1.165) is 18.3 Å². The average Bonchev–Trinajstić information content (AvgIpc) is 2.59. The topological polar surface area (TPSA) is 9.23 Å². The maximum atomic E-state index is 5.91. The van der Waals surface area contributed by atoms with Crippen molar-refractivity contribution in [3.05, 3.63) is 28.2 Å². The lowest BCUT2D eigenvalue weighted by atomic mass is 9.99. The quantitative estimate of drug-likeness (QED) is 0.757. The van der Waals surface area contributed by atoms with Crippen LogP contribution in [-0.2, 0) is 0 Å². The Balaban J connectivity index is 1.94. The minimum Gasteiger partial charge on any atom is -0.493 e. The van der Waals surface area contributed by atoms with Crippen LogP contribution in [-0.4, -0.2) is 6.61 Å². The van der Waals surface area contributed by atoms with E-state index in [1.54, 1.807) is 6.07 Å². The van der Waals surface area contributed by atoms with Crippen molar-refractivity contribution in [2.24, 2.45) is 11.8 Å². The van der Waals surface area contributed by atoms with Crippen molar-refractivity contribution in [1.29, 1.82) is 0 Å². The first-order valence-electron chi connectivity index (χ1n) is 5.74. The molecule has 0 aromatic heterocycles. The summed E-state index contributed by atoms with van der Waals surface area (Å²) in [6.07, 6.45) is 3.92.